The van der Waals surface area contributed by atoms with E-state index < -0.39 is 0 Å². The molecule has 1 amide bonds. The number of pyridine rings is 1. The number of nitrogens with one attached hydrogen (secondary N) is 2. The zero-order valence-corrected chi connectivity index (χ0v) is 14.3. The molecule has 0 spiro atoms. The van der Waals surface area contributed by atoms with Crippen molar-refractivity contribution in [2.45, 2.75) is 13.5 Å². The predicted molar refractivity (Wildman–Crippen MR) is 96.9 cm³/mol. The van der Waals surface area contributed by atoms with Gasteiger partial charge in [-0.05, 0) is 48.9 Å². The van der Waals surface area contributed by atoms with E-state index in [1.807, 2.05) is 43.3 Å². The maximum absolute atomic E-state index is 12.1. The number of anilines is 2. The van der Waals surface area contributed by atoms with Gasteiger partial charge in [0.2, 0.25) is 0 Å². The zero-order chi connectivity index (χ0) is 17.6. The third-order valence-electron chi connectivity index (χ3n) is 3.58. The summed E-state index contributed by atoms with van der Waals surface area (Å²) in [6.07, 6.45) is 1.68. The summed E-state index contributed by atoms with van der Waals surface area (Å²) in [6.45, 7) is 2.25. The highest BCUT2D eigenvalue weighted by Gasteiger charge is 2.09. The molecule has 0 aliphatic heterocycles. The average molecular weight is 354 g/mol. The molecular formula is C18H16ClN5O. The van der Waals surface area contributed by atoms with Crippen LogP contribution in [0.1, 0.15) is 21.7 Å². The second kappa shape index (κ2) is 7.72. The van der Waals surface area contributed by atoms with E-state index in [1.165, 1.54) is 0 Å². The van der Waals surface area contributed by atoms with Crippen molar-refractivity contribution in [2.75, 3.05) is 5.32 Å². The lowest BCUT2D eigenvalue weighted by Gasteiger charge is -2.09. The zero-order valence-electron chi connectivity index (χ0n) is 13.5. The Labute approximate surface area is 150 Å². The number of carbonyl (C=O) groups excluding carboxylic acids is 1. The molecule has 25 heavy (non-hydrogen) atoms. The summed E-state index contributed by atoms with van der Waals surface area (Å²) in [5, 5.41) is 14.6. The van der Waals surface area contributed by atoms with E-state index >= 15 is 0 Å². The molecule has 0 bridgehead atoms. The minimum atomic E-state index is -0.302. The number of nitrogens with zero attached hydrogens (tertiary/aromatic N) is 3. The lowest BCUT2D eigenvalue weighted by Crippen LogP contribution is -2.24. The van der Waals surface area contributed by atoms with Gasteiger partial charge in [0.15, 0.2) is 11.5 Å². The third-order valence-corrected chi connectivity index (χ3v) is 3.99. The van der Waals surface area contributed by atoms with E-state index in [2.05, 4.69) is 25.8 Å². The van der Waals surface area contributed by atoms with Crippen LogP contribution in [-0.4, -0.2) is 21.1 Å². The van der Waals surface area contributed by atoms with Gasteiger partial charge >= 0.3 is 0 Å². The fourth-order valence-electron chi connectivity index (χ4n) is 2.16. The number of hydrogen-bond donors (Lipinski definition) is 2. The molecule has 0 aliphatic carbocycles. The molecule has 126 valence electrons. The van der Waals surface area contributed by atoms with Crippen LogP contribution in [0.3, 0.4) is 0 Å². The van der Waals surface area contributed by atoms with Crippen LogP contribution >= 0.6 is 11.6 Å². The summed E-state index contributed by atoms with van der Waals surface area (Å²) in [5.74, 6) is 0.232. The van der Waals surface area contributed by atoms with Crippen molar-refractivity contribution >= 4 is 29.0 Å². The number of rotatable bonds is 5. The van der Waals surface area contributed by atoms with E-state index in [0.29, 0.717) is 17.4 Å². The maximum atomic E-state index is 12.1. The van der Waals surface area contributed by atoms with Crippen molar-refractivity contribution in [3.63, 3.8) is 0 Å². The van der Waals surface area contributed by atoms with Gasteiger partial charge < -0.3 is 10.6 Å². The molecule has 1 aromatic carbocycles. The van der Waals surface area contributed by atoms with Crippen molar-refractivity contribution < 1.29 is 4.79 Å². The molecule has 0 radical (unpaired) electrons. The van der Waals surface area contributed by atoms with E-state index in [4.69, 9.17) is 11.6 Å². The van der Waals surface area contributed by atoms with Crippen LogP contribution in [0.15, 0.2) is 54.7 Å². The first-order valence-corrected chi connectivity index (χ1v) is 8.05. The van der Waals surface area contributed by atoms with Crippen LogP contribution in [0.5, 0.6) is 0 Å². The first-order valence-electron chi connectivity index (χ1n) is 7.67. The van der Waals surface area contributed by atoms with Crippen molar-refractivity contribution in [1.29, 1.82) is 0 Å². The second-order valence-electron chi connectivity index (χ2n) is 5.34. The van der Waals surface area contributed by atoms with Crippen LogP contribution in [0.25, 0.3) is 0 Å². The van der Waals surface area contributed by atoms with Gasteiger partial charge in [-0.25, -0.2) is 0 Å². The molecular weight excluding hydrogens is 338 g/mol. The van der Waals surface area contributed by atoms with E-state index in [0.717, 1.165) is 16.9 Å². The van der Waals surface area contributed by atoms with Crippen LogP contribution < -0.4 is 10.6 Å². The minimum Gasteiger partial charge on any atom is -0.345 e. The molecule has 0 saturated heterocycles. The number of benzene rings is 1. The molecule has 6 nitrogen and oxygen atoms in total. The fraction of sp³-hybridized carbons (Fsp3) is 0.111. The first-order chi connectivity index (χ1) is 12.1. The van der Waals surface area contributed by atoms with Crippen LogP contribution in [-0.2, 0) is 6.54 Å². The monoisotopic (exact) mass is 353 g/mol. The Bertz CT molecular complexity index is 868. The fourth-order valence-corrected chi connectivity index (χ4v) is 2.34. The maximum Gasteiger partial charge on any atom is 0.272 e. The van der Waals surface area contributed by atoms with Gasteiger partial charge in [0.25, 0.3) is 5.91 Å². The molecule has 0 saturated carbocycles. The Hall–Kier alpha value is -2.99. The molecule has 7 heteroatoms. The Morgan fingerprint density at radius 1 is 1.08 bits per heavy atom. The largest absolute Gasteiger partial charge is 0.345 e. The highest BCUT2D eigenvalue weighted by atomic mass is 35.5. The van der Waals surface area contributed by atoms with Crippen molar-refractivity contribution in [3.8, 4) is 0 Å². The molecule has 0 fully saturated rings. The van der Waals surface area contributed by atoms with Crippen LogP contribution in [0.4, 0.5) is 11.5 Å². The van der Waals surface area contributed by atoms with Gasteiger partial charge in [-0.2, -0.15) is 0 Å². The van der Waals surface area contributed by atoms with Gasteiger partial charge in [0.1, 0.15) is 0 Å². The Morgan fingerprint density at radius 3 is 2.68 bits per heavy atom. The lowest BCUT2D eigenvalue weighted by atomic mass is 10.2. The highest BCUT2D eigenvalue weighted by molar-refractivity contribution is 6.31. The Balaban J connectivity index is 1.63. The predicted octanol–water partition coefficient (Wildman–Crippen LogP) is 3.51. The van der Waals surface area contributed by atoms with Gasteiger partial charge in [-0.15, -0.1) is 10.2 Å². The van der Waals surface area contributed by atoms with Crippen molar-refractivity contribution in [1.82, 2.24) is 20.5 Å². The molecule has 3 rings (SSSR count). The van der Waals surface area contributed by atoms with E-state index in [1.54, 1.807) is 18.3 Å². The number of hydrogen-bond acceptors (Lipinski definition) is 5. The molecule has 2 heterocycles. The minimum absolute atomic E-state index is 0.240. The highest BCUT2D eigenvalue weighted by Crippen LogP contribution is 2.25. The topological polar surface area (TPSA) is 79.8 Å². The number of halogens is 1. The standard InChI is InChI=1S/C18H16ClN5O/c1-12-14(19)6-4-7-15(12)22-17-9-8-16(23-24-17)18(25)21-11-13-5-2-3-10-20-13/h2-10H,11H2,1H3,(H,21,25)(H,22,24). The van der Waals surface area contributed by atoms with E-state index in [9.17, 15) is 4.79 Å². The summed E-state index contributed by atoms with van der Waals surface area (Å²) >= 11 is 6.10. The number of amides is 1. The summed E-state index contributed by atoms with van der Waals surface area (Å²) in [7, 11) is 0. The van der Waals surface area contributed by atoms with Crippen LogP contribution in [0, 0.1) is 6.92 Å². The van der Waals surface area contributed by atoms with Crippen molar-refractivity contribution in [3.05, 3.63) is 76.7 Å². The smallest absolute Gasteiger partial charge is 0.272 e. The second-order valence-corrected chi connectivity index (χ2v) is 5.75. The number of aromatic nitrogens is 3. The molecule has 3 aromatic rings. The molecule has 0 atom stereocenters. The molecule has 0 unspecified atom stereocenters. The number of carbonyl (C=O) groups is 1. The molecule has 2 N–H and O–H groups in total. The van der Waals surface area contributed by atoms with Crippen LogP contribution in [0.2, 0.25) is 5.02 Å². The SMILES string of the molecule is Cc1c(Cl)cccc1Nc1ccc(C(=O)NCc2ccccn2)nn1. The first kappa shape index (κ1) is 16.9. The normalized spacial score (nSPS) is 10.3. The van der Waals surface area contributed by atoms with E-state index in [-0.39, 0.29) is 11.6 Å². The lowest BCUT2D eigenvalue weighted by molar-refractivity contribution is 0.0944. The molecule has 2 aromatic heterocycles. The Kier molecular flexibility index (Phi) is 5.20. The van der Waals surface area contributed by atoms with Gasteiger partial charge in [0.05, 0.1) is 12.2 Å². The summed E-state index contributed by atoms with van der Waals surface area (Å²) in [6, 6.07) is 14.4. The van der Waals surface area contributed by atoms with Gasteiger partial charge in [-0.3, -0.25) is 9.78 Å². The Morgan fingerprint density at radius 2 is 1.96 bits per heavy atom. The van der Waals surface area contributed by atoms with Crippen molar-refractivity contribution in [2.24, 2.45) is 0 Å². The third kappa shape index (κ3) is 4.30. The quantitative estimate of drug-likeness (QED) is 0.733. The average Bonchev–Trinajstić information content (AvgIpc) is 2.65. The summed E-state index contributed by atoms with van der Waals surface area (Å²) in [4.78, 5) is 16.3. The molecule has 0 aliphatic rings. The van der Waals surface area contributed by atoms with Gasteiger partial charge in [0, 0.05) is 16.9 Å². The summed E-state index contributed by atoms with van der Waals surface area (Å²) < 4.78 is 0. The summed E-state index contributed by atoms with van der Waals surface area (Å²) in [5.41, 5.74) is 2.78. The van der Waals surface area contributed by atoms with Gasteiger partial charge in [-0.1, -0.05) is 23.7 Å².